The molecule has 0 aromatic heterocycles. The van der Waals surface area contributed by atoms with E-state index >= 15 is 0 Å². The van der Waals surface area contributed by atoms with Gasteiger partial charge in [-0.1, -0.05) is 12.1 Å². The molecule has 1 fully saturated rings. The van der Waals surface area contributed by atoms with Crippen LogP contribution in [0.25, 0.3) is 6.08 Å². The molecule has 1 aliphatic heterocycles. The van der Waals surface area contributed by atoms with Crippen molar-refractivity contribution in [2.75, 3.05) is 26.2 Å². The highest BCUT2D eigenvalue weighted by atomic mass is 19.4. The summed E-state index contributed by atoms with van der Waals surface area (Å²) in [5, 5.41) is 0. The largest absolute Gasteiger partial charge is 0.416 e. The lowest BCUT2D eigenvalue weighted by Gasteiger charge is -2.36. The Kier molecular flexibility index (Phi) is 5.46. The van der Waals surface area contributed by atoms with Crippen molar-refractivity contribution in [2.24, 2.45) is 0 Å². The quantitative estimate of drug-likeness (QED) is 0.796. The molecule has 0 atom stereocenters. The van der Waals surface area contributed by atoms with Crippen LogP contribution in [0.3, 0.4) is 0 Å². The van der Waals surface area contributed by atoms with E-state index < -0.39 is 11.7 Å². The fourth-order valence-corrected chi connectivity index (χ4v) is 2.55. The minimum atomic E-state index is -4.37. The lowest BCUT2D eigenvalue weighted by atomic mass is 10.1. The second-order valence-electron chi connectivity index (χ2n) is 5.91. The minimum Gasteiger partial charge on any atom is -0.337 e. The smallest absolute Gasteiger partial charge is 0.337 e. The predicted octanol–water partition coefficient (Wildman–Crippen LogP) is 3.27. The highest BCUT2D eigenvalue weighted by Crippen LogP contribution is 2.29. The first-order chi connectivity index (χ1) is 10.8. The van der Waals surface area contributed by atoms with Crippen LogP contribution in [0.15, 0.2) is 30.3 Å². The summed E-state index contributed by atoms with van der Waals surface area (Å²) in [6.07, 6.45) is -1.59. The van der Waals surface area contributed by atoms with Crippen molar-refractivity contribution in [2.45, 2.75) is 26.1 Å². The fourth-order valence-electron chi connectivity index (χ4n) is 2.55. The number of hydrogen-bond acceptors (Lipinski definition) is 2. The van der Waals surface area contributed by atoms with Gasteiger partial charge in [0.25, 0.3) is 0 Å². The van der Waals surface area contributed by atoms with Crippen LogP contribution in [0.5, 0.6) is 0 Å². The Morgan fingerprint density at radius 2 is 1.83 bits per heavy atom. The van der Waals surface area contributed by atoms with Gasteiger partial charge < -0.3 is 4.90 Å². The Morgan fingerprint density at radius 1 is 1.17 bits per heavy atom. The van der Waals surface area contributed by atoms with Crippen LogP contribution in [-0.4, -0.2) is 47.9 Å². The Morgan fingerprint density at radius 3 is 2.39 bits per heavy atom. The van der Waals surface area contributed by atoms with E-state index in [-0.39, 0.29) is 5.91 Å². The van der Waals surface area contributed by atoms with Gasteiger partial charge in [0, 0.05) is 38.3 Å². The first-order valence-corrected chi connectivity index (χ1v) is 7.65. The second-order valence-corrected chi connectivity index (χ2v) is 5.91. The van der Waals surface area contributed by atoms with Crippen LogP contribution in [0.1, 0.15) is 25.0 Å². The van der Waals surface area contributed by atoms with Gasteiger partial charge in [-0.05, 0) is 37.6 Å². The number of alkyl halides is 3. The molecular formula is C17H21F3N2O. The third kappa shape index (κ3) is 4.82. The minimum absolute atomic E-state index is 0.161. The highest BCUT2D eigenvalue weighted by molar-refractivity contribution is 5.91. The fraction of sp³-hybridized carbons (Fsp3) is 0.471. The monoisotopic (exact) mass is 326 g/mol. The molecule has 0 radical (unpaired) electrons. The Labute approximate surface area is 134 Å². The molecule has 126 valence electrons. The van der Waals surface area contributed by atoms with Gasteiger partial charge in [-0.15, -0.1) is 0 Å². The molecule has 0 N–H and O–H groups in total. The lowest BCUT2D eigenvalue weighted by molar-refractivity contribution is -0.137. The zero-order valence-electron chi connectivity index (χ0n) is 13.3. The van der Waals surface area contributed by atoms with Crippen molar-refractivity contribution in [3.63, 3.8) is 0 Å². The lowest BCUT2D eigenvalue weighted by Crippen LogP contribution is -2.50. The molecule has 1 saturated heterocycles. The number of benzene rings is 1. The van der Waals surface area contributed by atoms with Crippen molar-refractivity contribution in [3.8, 4) is 0 Å². The predicted molar refractivity (Wildman–Crippen MR) is 83.8 cm³/mol. The number of amides is 1. The molecule has 6 heteroatoms. The summed E-state index contributed by atoms with van der Waals surface area (Å²) in [5.74, 6) is -0.161. The average Bonchev–Trinajstić information content (AvgIpc) is 2.52. The van der Waals surface area contributed by atoms with Crippen molar-refractivity contribution in [3.05, 3.63) is 41.5 Å². The molecule has 0 spiro atoms. The van der Waals surface area contributed by atoms with E-state index in [0.29, 0.717) is 24.7 Å². The van der Waals surface area contributed by atoms with Gasteiger partial charge in [-0.2, -0.15) is 13.2 Å². The number of hydrogen-bond donors (Lipinski definition) is 0. The molecule has 0 unspecified atom stereocenters. The van der Waals surface area contributed by atoms with Gasteiger partial charge in [0.2, 0.25) is 5.91 Å². The van der Waals surface area contributed by atoms with Gasteiger partial charge in [0.15, 0.2) is 0 Å². The van der Waals surface area contributed by atoms with Crippen LogP contribution >= 0.6 is 0 Å². The van der Waals surface area contributed by atoms with Crippen molar-refractivity contribution < 1.29 is 18.0 Å². The van der Waals surface area contributed by atoms with E-state index in [0.717, 1.165) is 25.2 Å². The molecule has 23 heavy (non-hydrogen) atoms. The Bertz CT molecular complexity index is 573. The van der Waals surface area contributed by atoms with Gasteiger partial charge in [0.1, 0.15) is 0 Å². The normalized spacial score (nSPS) is 17.2. The zero-order chi connectivity index (χ0) is 17.0. The summed E-state index contributed by atoms with van der Waals surface area (Å²) < 4.78 is 38.0. The van der Waals surface area contributed by atoms with Crippen LogP contribution < -0.4 is 0 Å². The molecule has 1 aliphatic rings. The Hall–Kier alpha value is -1.82. The number of halogens is 3. The van der Waals surface area contributed by atoms with E-state index in [1.165, 1.54) is 18.2 Å². The topological polar surface area (TPSA) is 23.6 Å². The Balaban J connectivity index is 1.97. The molecule has 1 heterocycles. The zero-order valence-corrected chi connectivity index (χ0v) is 13.3. The maximum absolute atomic E-state index is 12.7. The third-order valence-corrected chi connectivity index (χ3v) is 3.99. The number of rotatable bonds is 3. The van der Waals surface area contributed by atoms with Crippen molar-refractivity contribution >= 4 is 12.0 Å². The molecule has 0 saturated carbocycles. The SMILES string of the molecule is CC(C)N1CCN(C(=O)/C=C/c2cccc(C(F)(F)F)c2)CC1. The van der Waals surface area contributed by atoms with E-state index in [4.69, 9.17) is 0 Å². The molecule has 1 aromatic rings. The van der Waals surface area contributed by atoms with Gasteiger partial charge >= 0.3 is 6.18 Å². The summed E-state index contributed by atoms with van der Waals surface area (Å²) in [5.41, 5.74) is -0.341. The standard InChI is InChI=1S/C17H21F3N2O/c1-13(2)21-8-10-22(11-9-21)16(23)7-6-14-4-3-5-15(12-14)17(18,19)20/h3-7,12-13H,8-11H2,1-2H3/b7-6+. The van der Waals surface area contributed by atoms with E-state index in [2.05, 4.69) is 18.7 Å². The van der Waals surface area contributed by atoms with E-state index in [1.54, 1.807) is 11.0 Å². The number of carbonyl (C=O) groups excluding carboxylic acids is 1. The second kappa shape index (κ2) is 7.17. The summed E-state index contributed by atoms with van der Waals surface area (Å²) >= 11 is 0. The summed E-state index contributed by atoms with van der Waals surface area (Å²) in [4.78, 5) is 16.1. The maximum atomic E-state index is 12.7. The van der Waals surface area contributed by atoms with E-state index in [9.17, 15) is 18.0 Å². The maximum Gasteiger partial charge on any atom is 0.416 e. The highest BCUT2D eigenvalue weighted by Gasteiger charge is 2.30. The summed E-state index contributed by atoms with van der Waals surface area (Å²) in [6, 6.07) is 5.41. The summed E-state index contributed by atoms with van der Waals surface area (Å²) in [7, 11) is 0. The van der Waals surface area contributed by atoms with Gasteiger partial charge in [0.05, 0.1) is 5.56 Å². The van der Waals surface area contributed by atoms with Crippen molar-refractivity contribution in [1.29, 1.82) is 0 Å². The van der Waals surface area contributed by atoms with Crippen molar-refractivity contribution in [1.82, 2.24) is 9.80 Å². The first kappa shape index (κ1) is 17.5. The third-order valence-electron chi connectivity index (χ3n) is 3.99. The molecule has 1 amide bonds. The molecule has 2 rings (SSSR count). The first-order valence-electron chi connectivity index (χ1n) is 7.65. The van der Waals surface area contributed by atoms with Gasteiger partial charge in [-0.3, -0.25) is 9.69 Å². The molecular weight excluding hydrogens is 305 g/mol. The molecule has 0 aliphatic carbocycles. The van der Waals surface area contributed by atoms with E-state index in [1.807, 2.05) is 0 Å². The molecule has 1 aromatic carbocycles. The number of piperazine rings is 1. The van der Waals surface area contributed by atoms with Crippen LogP contribution in [0, 0.1) is 0 Å². The molecule has 0 bridgehead atoms. The molecule has 3 nitrogen and oxygen atoms in total. The van der Waals surface area contributed by atoms with Gasteiger partial charge in [-0.25, -0.2) is 0 Å². The average molecular weight is 326 g/mol. The number of nitrogens with zero attached hydrogens (tertiary/aromatic N) is 2. The van der Waals surface area contributed by atoms with Crippen LogP contribution in [-0.2, 0) is 11.0 Å². The summed E-state index contributed by atoms with van der Waals surface area (Å²) in [6.45, 7) is 7.16. The van der Waals surface area contributed by atoms with Crippen LogP contribution in [0.4, 0.5) is 13.2 Å². The van der Waals surface area contributed by atoms with Crippen LogP contribution in [0.2, 0.25) is 0 Å². The number of carbonyl (C=O) groups is 1.